The molecule has 0 bridgehead atoms. The van der Waals surface area contributed by atoms with E-state index in [1.54, 1.807) is 33.1 Å². The Hall–Kier alpha value is -0.980. The van der Waals surface area contributed by atoms with E-state index in [4.69, 9.17) is 9.47 Å². The molecule has 0 heterocycles. The number of carbonyl (C=O) groups is 1. The first kappa shape index (κ1) is 17.1. The molecule has 1 N–H and O–H groups in total. The molecule has 20 heavy (non-hydrogen) atoms. The van der Waals surface area contributed by atoms with Gasteiger partial charge in [0.05, 0.1) is 17.7 Å². The van der Waals surface area contributed by atoms with Crippen LogP contribution >= 0.6 is 15.9 Å². The van der Waals surface area contributed by atoms with Crippen molar-refractivity contribution in [2.75, 3.05) is 26.9 Å². The van der Waals surface area contributed by atoms with Gasteiger partial charge in [0.25, 0.3) is 0 Å². The summed E-state index contributed by atoms with van der Waals surface area (Å²) in [5.41, 5.74) is -0.426. The number of benzene rings is 1. The molecule has 1 atom stereocenters. The van der Waals surface area contributed by atoms with Crippen molar-refractivity contribution in [3.8, 4) is 0 Å². The van der Waals surface area contributed by atoms with Crippen LogP contribution in [0.25, 0.3) is 0 Å². The molecule has 1 rings (SSSR count). The van der Waals surface area contributed by atoms with E-state index in [9.17, 15) is 9.18 Å². The molecule has 0 fully saturated rings. The fourth-order valence-electron chi connectivity index (χ4n) is 1.78. The van der Waals surface area contributed by atoms with Gasteiger partial charge in [-0.2, -0.15) is 0 Å². The van der Waals surface area contributed by atoms with Crippen LogP contribution in [0.4, 0.5) is 4.39 Å². The van der Waals surface area contributed by atoms with E-state index in [-0.39, 0.29) is 12.4 Å². The lowest BCUT2D eigenvalue weighted by molar-refractivity contribution is -0.151. The molecule has 0 amide bonds. The van der Waals surface area contributed by atoms with E-state index in [1.165, 1.54) is 6.07 Å². The zero-order valence-electron chi connectivity index (χ0n) is 11.8. The Bertz CT molecular complexity index is 470. The van der Waals surface area contributed by atoms with E-state index in [1.807, 2.05) is 0 Å². The molecule has 0 saturated carbocycles. The van der Waals surface area contributed by atoms with E-state index in [2.05, 4.69) is 21.2 Å². The second-order valence-electron chi connectivity index (χ2n) is 4.39. The van der Waals surface area contributed by atoms with E-state index in [0.717, 1.165) is 0 Å². The first-order valence-corrected chi connectivity index (χ1v) is 7.11. The van der Waals surface area contributed by atoms with Gasteiger partial charge in [-0.15, -0.1) is 0 Å². The largest absolute Gasteiger partial charge is 0.464 e. The number of esters is 1. The lowest BCUT2D eigenvalue weighted by Crippen LogP contribution is -2.48. The SMILES string of the molecule is CCOC(=O)C(C)(NCCOC)c1ccc(F)c(Br)c1. The molecular formula is C14H19BrFNO3. The average Bonchev–Trinajstić information content (AvgIpc) is 2.42. The zero-order valence-corrected chi connectivity index (χ0v) is 13.4. The predicted octanol–water partition coefficient (Wildman–Crippen LogP) is 2.60. The summed E-state index contributed by atoms with van der Waals surface area (Å²) in [6.45, 7) is 4.66. The van der Waals surface area contributed by atoms with Crippen LogP contribution in [-0.2, 0) is 19.8 Å². The molecule has 0 spiro atoms. The summed E-state index contributed by atoms with van der Waals surface area (Å²) in [5.74, 6) is -0.786. The van der Waals surface area contributed by atoms with Crippen molar-refractivity contribution in [1.29, 1.82) is 0 Å². The van der Waals surface area contributed by atoms with Crippen LogP contribution in [0.2, 0.25) is 0 Å². The third kappa shape index (κ3) is 4.01. The van der Waals surface area contributed by atoms with Crippen molar-refractivity contribution in [2.24, 2.45) is 0 Å². The summed E-state index contributed by atoms with van der Waals surface area (Å²) in [5, 5.41) is 3.10. The average molecular weight is 348 g/mol. The summed E-state index contributed by atoms with van der Waals surface area (Å²) in [6.07, 6.45) is 0. The Morgan fingerprint density at radius 2 is 2.20 bits per heavy atom. The van der Waals surface area contributed by atoms with Gasteiger partial charge in [-0.05, 0) is 47.5 Å². The highest BCUT2D eigenvalue weighted by atomic mass is 79.9. The number of ether oxygens (including phenoxy) is 2. The minimum Gasteiger partial charge on any atom is -0.464 e. The summed E-state index contributed by atoms with van der Waals surface area (Å²) >= 11 is 3.13. The molecule has 112 valence electrons. The van der Waals surface area contributed by atoms with Crippen molar-refractivity contribution in [2.45, 2.75) is 19.4 Å². The fraction of sp³-hybridized carbons (Fsp3) is 0.500. The molecule has 6 heteroatoms. The smallest absolute Gasteiger partial charge is 0.330 e. The summed E-state index contributed by atoms with van der Waals surface area (Å²) in [6, 6.07) is 4.46. The number of rotatable bonds is 7. The second kappa shape index (κ2) is 7.71. The highest BCUT2D eigenvalue weighted by Gasteiger charge is 2.36. The van der Waals surface area contributed by atoms with Gasteiger partial charge in [0, 0.05) is 13.7 Å². The maximum absolute atomic E-state index is 13.3. The van der Waals surface area contributed by atoms with Gasteiger partial charge in [-0.25, -0.2) is 9.18 Å². The van der Waals surface area contributed by atoms with Crippen LogP contribution < -0.4 is 5.32 Å². The number of methoxy groups -OCH3 is 1. The maximum atomic E-state index is 13.3. The monoisotopic (exact) mass is 347 g/mol. The topological polar surface area (TPSA) is 47.6 Å². The third-order valence-corrected chi connectivity index (χ3v) is 3.57. The Balaban J connectivity index is 3.07. The van der Waals surface area contributed by atoms with Gasteiger partial charge in [-0.3, -0.25) is 5.32 Å². The van der Waals surface area contributed by atoms with Gasteiger partial charge in [0.15, 0.2) is 0 Å². The highest BCUT2D eigenvalue weighted by molar-refractivity contribution is 9.10. The van der Waals surface area contributed by atoms with Crippen molar-refractivity contribution >= 4 is 21.9 Å². The molecule has 1 aromatic rings. The lowest BCUT2D eigenvalue weighted by Gasteiger charge is -2.29. The number of nitrogens with one attached hydrogen (secondary N) is 1. The number of hydrogen-bond donors (Lipinski definition) is 1. The van der Waals surface area contributed by atoms with Gasteiger partial charge in [0.1, 0.15) is 11.4 Å². The second-order valence-corrected chi connectivity index (χ2v) is 5.25. The molecule has 0 saturated heterocycles. The van der Waals surface area contributed by atoms with Gasteiger partial charge in [-0.1, -0.05) is 6.07 Å². The highest BCUT2D eigenvalue weighted by Crippen LogP contribution is 2.27. The van der Waals surface area contributed by atoms with Gasteiger partial charge >= 0.3 is 5.97 Å². The van der Waals surface area contributed by atoms with Crippen LogP contribution in [0.3, 0.4) is 0 Å². The Labute approximate surface area is 126 Å². The van der Waals surface area contributed by atoms with Crippen molar-refractivity contribution in [3.63, 3.8) is 0 Å². The first-order valence-electron chi connectivity index (χ1n) is 6.32. The molecule has 1 aromatic carbocycles. The lowest BCUT2D eigenvalue weighted by atomic mass is 9.92. The molecule has 0 radical (unpaired) electrons. The molecule has 0 aromatic heterocycles. The molecule has 4 nitrogen and oxygen atoms in total. The van der Waals surface area contributed by atoms with Gasteiger partial charge < -0.3 is 9.47 Å². The quantitative estimate of drug-likeness (QED) is 0.608. The number of carbonyl (C=O) groups excluding carboxylic acids is 1. The van der Waals surface area contributed by atoms with Crippen LogP contribution in [0, 0.1) is 5.82 Å². The van der Waals surface area contributed by atoms with Gasteiger partial charge in [0.2, 0.25) is 0 Å². The van der Waals surface area contributed by atoms with Crippen molar-refractivity contribution < 1.29 is 18.7 Å². The standard InChI is InChI=1S/C14H19BrFNO3/c1-4-20-13(18)14(2,17-7-8-19-3)10-5-6-12(16)11(15)9-10/h5-6,9,17H,4,7-8H2,1-3H3. The summed E-state index contributed by atoms with van der Waals surface area (Å²) in [4.78, 5) is 12.2. The van der Waals surface area contributed by atoms with E-state index in [0.29, 0.717) is 23.2 Å². The molecule has 1 unspecified atom stereocenters. The van der Waals surface area contributed by atoms with Crippen molar-refractivity contribution in [1.82, 2.24) is 5.32 Å². The molecular weight excluding hydrogens is 329 g/mol. The van der Waals surface area contributed by atoms with Crippen LogP contribution in [0.1, 0.15) is 19.4 Å². The number of hydrogen-bond acceptors (Lipinski definition) is 4. The summed E-state index contributed by atoms with van der Waals surface area (Å²) in [7, 11) is 1.58. The summed E-state index contributed by atoms with van der Waals surface area (Å²) < 4.78 is 23.7. The first-order chi connectivity index (χ1) is 9.45. The van der Waals surface area contributed by atoms with Crippen molar-refractivity contribution in [3.05, 3.63) is 34.1 Å². The minimum atomic E-state index is -1.05. The number of halogens is 2. The molecule has 0 aliphatic heterocycles. The Morgan fingerprint density at radius 3 is 2.75 bits per heavy atom. The van der Waals surface area contributed by atoms with E-state index < -0.39 is 11.5 Å². The molecule has 0 aliphatic carbocycles. The third-order valence-electron chi connectivity index (χ3n) is 2.97. The van der Waals surface area contributed by atoms with Crippen LogP contribution in [0.15, 0.2) is 22.7 Å². The fourth-order valence-corrected chi connectivity index (χ4v) is 2.16. The molecule has 0 aliphatic rings. The minimum absolute atomic E-state index is 0.281. The van der Waals surface area contributed by atoms with Crippen LogP contribution in [0.5, 0.6) is 0 Å². The van der Waals surface area contributed by atoms with Crippen LogP contribution in [-0.4, -0.2) is 32.8 Å². The normalized spacial score (nSPS) is 13.8. The Morgan fingerprint density at radius 1 is 1.50 bits per heavy atom. The predicted molar refractivity (Wildman–Crippen MR) is 78.0 cm³/mol. The maximum Gasteiger partial charge on any atom is 0.330 e. The Kier molecular flexibility index (Phi) is 6.58. The zero-order chi connectivity index (χ0) is 15.2. The van der Waals surface area contributed by atoms with E-state index >= 15 is 0 Å².